The second-order valence-corrected chi connectivity index (χ2v) is 7.96. The van der Waals surface area contributed by atoms with Crippen molar-refractivity contribution in [2.24, 2.45) is 0 Å². The molecule has 0 atom stereocenters. The molecule has 32 heavy (non-hydrogen) atoms. The van der Waals surface area contributed by atoms with E-state index < -0.39 is 17.7 Å². The Labute approximate surface area is 187 Å². The monoisotopic (exact) mass is 465 g/mol. The van der Waals surface area contributed by atoms with Gasteiger partial charge in [0.1, 0.15) is 11.5 Å². The lowest BCUT2D eigenvalue weighted by Gasteiger charge is -2.10. The molecule has 5 nitrogen and oxygen atoms in total. The van der Waals surface area contributed by atoms with E-state index in [1.807, 2.05) is 19.1 Å². The number of carbonyl (C=O) groups is 1. The summed E-state index contributed by atoms with van der Waals surface area (Å²) in [4.78, 5) is 16.8. The number of alkyl halides is 3. The third kappa shape index (κ3) is 6.06. The second-order valence-electron chi connectivity index (χ2n) is 6.91. The van der Waals surface area contributed by atoms with E-state index in [0.717, 1.165) is 22.6 Å². The highest BCUT2D eigenvalue weighted by atomic mass is 32.2. The van der Waals surface area contributed by atoms with Crippen LogP contribution in [0.4, 0.5) is 13.2 Å². The van der Waals surface area contributed by atoms with Crippen molar-refractivity contribution in [3.05, 3.63) is 65.0 Å². The SMILES string of the molecule is CCOC(=O)COc1ccc(SCc2oc(-c3ccc(C(F)(F)F)cc3)nc2C)cc1C. The molecule has 0 amide bonds. The molecular formula is C23H22F3NO4S. The van der Waals surface area contributed by atoms with Crippen molar-refractivity contribution in [2.45, 2.75) is 37.6 Å². The first-order valence-electron chi connectivity index (χ1n) is 9.83. The van der Waals surface area contributed by atoms with Crippen molar-refractivity contribution >= 4 is 17.7 Å². The van der Waals surface area contributed by atoms with Crippen LogP contribution in [0.2, 0.25) is 0 Å². The van der Waals surface area contributed by atoms with Gasteiger partial charge < -0.3 is 13.9 Å². The van der Waals surface area contributed by atoms with E-state index in [2.05, 4.69) is 4.98 Å². The normalized spacial score (nSPS) is 11.4. The van der Waals surface area contributed by atoms with E-state index in [-0.39, 0.29) is 12.5 Å². The Morgan fingerprint density at radius 3 is 2.47 bits per heavy atom. The summed E-state index contributed by atoms with van der Waals surface area (Å²) >= 11 is 1.53. The van der Waals surface area contributed by atoms with Gasteiger partial charge in [-0.3, -0.25) is 0 Å². The molecule has 0 aliphatic heterocycles. The van der Waals surface area contributed by atoms with Crippen molar-refractivity contribution in [1.82, 2.24) is 4.98 Å². The fourth-order valence-corrected chi connectivity index (χ4v) is 3.84. The van der Waals surface area contributed by atoms with Crippen molar-refractivity contribution in [2.75, 3.05) is 13.2 Å². The molecule has 0 saturated heterocycles. The lowest BCUT2D eigenvalue weighted by atomic mass is 10.1. The molecule has 9 heteroatoms. The Balaban J connectivity index is 1.63. The summed E-state index contributed by atoms with van der Waals surface area (Å²) in [7, 11) is 0. The van der Waals surface area contributed by atoms with Crippen LogP contribution in [0.3, 0.4) is 0 Å². The van der Waals surface area contributed by atoms with E-state index in [0.29, 0.717) is 35.1 Å². The van der Waals surface area contributed by atoms with E-state index in [9.17, 15) is 18.0 Å². The van der Waals surface area contributed by atoms with Crippen LogP contribution in [-0.4, -0.2) is 24.2 Å². The van der Waals surface area contributed by atoms with Crippen LogP contribution >= 0.6 is 11.8 Å². The molecule has 2 aromatic carbocycles. The van der Waals surface area contributed by atoms with Gasteiger partial charge in [-0.25, -0.2) is 9.78 Å². The molecular weight excluding hydrogens is 443 g/mol. The van der Waals surface area contributed by atoms with Crippen LogP contribution < -0.4 is 4.74 Å². The molecule has 1 heterocycles. The molecule has 3 rings (SSSR count). The van der Waals surface area contributed by atoms with Crippen LogP contribution in [0.1, 0.15) is 29.5 Å². The number of ether oxygens (including phenoxy) is 2. The van der Waals surface area contributed by atoms with Crippen LogP contribution in [0.25, 0.3) is 11.5 Å². The summed E-state index contributed by atoms with van der Waals surface area (Å²) in [5.74, 6) is 1.61. The first-order chi connectivity index (χ1) is 15.2. The predicted octanol–water partition coefficient (Wildman–Crippen LogP) is 6.21. The number of thioether (sulfide) groups is 1. The average molecular weight is 465 g/mol. The third-order valence-electron chi connectivity index (χ3n) is 4.52. The molecule has 0 saturated carbocycles. The lowest BCUT2D eigenvalue weighted by Crippen LogP contribution is -2.14. The van der Waals surface area contributed by atoms with Gasteiger partial charge in [-0.2, -0.15) is 13.2 Å². The molecule has 170 valence electrons. The maximum Gasteiger partial charge on any atom is 0.416 e. The quantitative estimate of drug-likeness (QED) is 0.291. The van der Waals surface area contributed by atoms with Crippen molar-refractivity contribution < 1.29 is 31.9 Å². The highest BCUT2D eigenvalue weighted by molar-refractivity contribution is 7.98. The van der Waals surface area contributed by atoms with E-state index in [1.165, 1.54) is 23.9 Å². The maximum absolute atomic E-state index is 12.7. The Morgan fingerprint density at radius 2 is 1.84 bits per heavy atom. The van der Waals surface area contributed by atoms with Gasteiger partial charge in [-0.1, -0.05) is 0 Å². The molecule has 0 aliphatic rings. The Kier molecular flexibility index (Phi) is 7.50. The minimum Gasteiger partial charge on any atom is -0.482 e. The first kappa shape index (κ1) is 23.7. The molecule has 0 bridgehead atoms. The van der Waals surface area contributed by atoms with Gasteiger partial charge in [0.2, 0.25) is 5.89 Å². The van der Waals surface area contributed by atoms with Crippen LogP contribution in [0.5, 0.6) is 5.75 Å². The molecule has 0 radical (unpaired) electrons. The number of benzene rings is 2. The molecule has 0 N–H and O–H groups in total. The summed E-state index contributed by atoms with van der Waals surface area (Å²) in [6.07, 6.45) is -4.38. The van der Waals surface area contributed by atoms with Gasteiger partial charge in [0.25, 0.3) is 0 Å². The average Bonchev–Trinajstić information content (AvgIpc) is 3.12. The largest absolute Gasteiger partial charge is 0.482 e. The second kappa shape index (κ2) is 10.1. The summed E-state index contributed by atoms with van der Waals surface area (Å²) in [6.45, 7) is 5.57. The minimum atomic E-state index is -4.38. The maximum atomic E-state index is 12.7. The summed E-state index contributed by atoms with van der Waals surface area (Å²) in [5, 5.41) is 0. The van der Waals surface area contributed by atoms with Gasteiger partial charge in [0.15, 0.2) is 6.61 Å². The van der Waals surface area contributed by atoms with Gasteiger partial charge >= 0.3 is 12.1 Å². The number of esters is 1. The third-order valence-corrected chi connectivity index (χ3v) is 5.51. The number of hydrogen-bond acceptors (Lipinski definition) is 6. The number of hydrogen-bond donors (Lipinski definition) is 0. The van der Waals surface area contributed by atoms with Gasteiger partial charge in [0, 0.05) is 10.5 Å². The van der Waals surface area contributed by atoms with Gasteiger partial charge in [0.05, 0.1) is 23.6 Å². The molecule has 0 unspecified atom stereocenters. The topological polar surface area (TPSA) is 61.6 Å². The van der Waals surface area contributed by atoms with Crippen LogP contribution in [0, 0.1) is 13.8 Å². The smallest absolute Gasteiger partial charge is 0.416 e. The van der Waals surface area contributed by atoms with Crippen molar-refractivity contribution in [1.29, 1.82) is 0 Å². The van der Waals surface area contributed by atoms with E-state index >= 15 is 0 Å². The molecule has 0 spiro atoms. The number of nitrogens with zero attached hydrogens (tertiary/aromatic N) is 1. The first-order valence-corrected chi connectivity index (χ1v) is 10.8. The van der Waals surface area contributed by atoms with E-state index in [1.54, 1.807) is 19.9 Å². The Morgan fingerprint density at radius 1 is 1.12 bits per heavy atom. The zero-order chi connectivity index (χ0) is 23.3. The number of oxazole rings is 1. The van der Waals surface area contributed by atoms with Crippen molar-refractivity contribution in [3.8, 4) is 17.2 Å². The molecule has 0 fully saturated rings. The number of carbonyl (C=O) groups excluding carboxylic acids is 1. The summed E-state index contributed by atoms with van der Waals surface area (Å²) in [6, 6.07) is 10.3. The number of aromatic nitrogens is 1. The highest BCUT2D eigenvalue weighted by Gasteiger charge is 2.30. The standard InChI is InChI=1S/C23H22F3NO4S/c1-4-29-21(28)12-30-19-10-9-18(11-14(19)2)32-13-20-15(3)27-22(31-20)16-5-7-17(8-6-16)23(24,25)26/h5-11H,4,12-13H2,1-3H3. The van der Waals surface area contributed by atoms with Crippen molar-refractivity contribution in [3.63, 3.8) is 0 Å². The zero-order valence-electron chi connectivity index (χ0n) is 17.8. The summed E-state index contributed by atoms with van der Waals surface area (Å²) in [5.41, 5.74) is 1.32. The molecule has 3 aromatic rings. The number of halogens is 3. The van der Waals surface area contributed by atoms with Gasteiger partial charge in [-0.15, -0.1) is 11.8 Å². The molecule has 0 aliphatic carbocycles. The fourth-order valence-electron chi connectivity index (χ4n) is 2.85. The Bertz CT molecular complexity index is 1080. The minimum absolute atomic E-state index is 0.148. The van der Waals surface area contributed by atoms with E-state index in [4.69, 9.17) is 13.9 Å². The number of rotatable bonds is 8. The fraction of sp³-hybridized carbons (Fsp3) is 0.304. The zero-order valence-corrected chi connectivity index (χ0v) is 18.6. The lowest BCUT2D eigenvalue weighted by molar-refractivity contribution is -0.145. The van der Waals surface area contributed by atoms with Gasteiger partial charge in [-0.05, 0) is 68.8 Å². The highest BCUT2D eigenvalue weighted by Crippen LogP contribution is 2.33. The summed E-state index contributed by atoms with van der Waals surface area (Å²) < 4.78 is 54.4. The number of aryl methyl sites for hydroxylation is 2. The molecule has 1 aromatic heterocycles. The predicted molar refractivity (Wildman–Crippen MR) is 115 cm³/mol. The van der Waals surface area contributed by atoms with Crippen LogP contribution in [0.15, 0.2) is 51.8 Å². The van der Waals surface area contributed by atoms with Crippen LogP contribution in [-0.2, 0) is 21.5 Å². The Hall–Kier alpha value is -2.94.